The van der Waals surface area contributed by atoms with E-state index in [4.69, 9.17) is 4.74 Å². The molecular weight excluding hydrogens is 368 g/mol. The number of carbonyl (C=O) groups excluding carboxylic acids is 1. The number of ether oxygens (including phenoxy) is 1. The molecule has 1 atom stereocenters. The Morgan fingerprint density at radius 2 is 2.09 bits per heavy atom. The average molecular weight is 390 g/mol. The van der Waals surface area contributed by atoms with Crippen molar-refractivity contribution in [2.24, 2.45) is 5.92 Å². The average Bonchev–Trinajstić information content (AvgIpc) is 2.55. The zero-order valence-corrected chi connectivity index (χ0v) is 14.9. The van der Waals surface area contributed by atoms with Gasteiger partial charge in [-0.15, -0.1) is 12.4 Å². The van der Waals surface area contributed by atoms with Gasteiger partial charge in [0.05, 0.1) is 13.2 Å². The van der Waals surface area contributed by atoms with E-state index in [2.05, 4.69) is 33.4 Å². The highest BCUT2D eigenvalue weighted by Crippen LogP contribution is 2.26. The predicted molar refractivity (Wildman–Crippen MR) is 92.3 cm³/mol. The third kappa shape index (κ3) is 4.22. The van der Waals surface area contributed by atoms with Crippen molar-refractivity contribution < 1.29 is 9.53 Å². The van der Waals surface area contributed by atoms with E-state index in [1.54, 1.807) is 0 Å². The second-order valence-corrected chi connectivity index (χ2v) is 6.64. The molecule has 122 valence electrons. The Labute approximate surface area is 146 Å². The fourth-order valence-electron chi connectivity index (χ4n) is 3.09. The van der Waals surface area contributed by atoms with Crippen LogP contribution < -0.4 is 5.32 Å². The van der Waals surface area contributed by atoms with Crippen molar-refractivity contribution in [3.8, 4) is 0 Å². The first-order valence-electron chi connectivity index (χ1n) is 7.60. The molecular formula is C16H22BrClN2O2. The molecule has 2 aliphatic rings. The van der Waals surface area contributed by atoms with E-state index in [9.17, 15) is 4.79 Å². The third-order valence-electron chi connectivity index (χ3n) is 4.29. The van der Waals surface area contributed by atoms with Crippen molar-refractivity contribution in [2.75, 3.05) is 32.8 Å². The molecule has 1 aromatic rings. The van der Waals surface area contributed by atoms with Crippen LogP contribution in [-0.4, -0.2) is 43.6 Å². The van der Waals surface area contributed by atoms with Gasteiger partial charge in [0.1, 0.15) is 6.10 Å². The number of amides is 1. The van der Waals surface area contributed by atoms with Gasteiger partial charge in [-0.1, -0.05) is 28.1 Å². The lowest BCUT2D eigenvalue weighted by atomic mass is 9.96. The van der Waals surface area contributed by atoms with Gasteiger partial charge in [-0.05, 0) is 43.6 Å². The number of rotatable bonds is 2. The minimum absolute atomic E-state index is 0. The number of morpholine rings is 1. The second kappa shape index (κ2) is 8.29. The van der Waals surface area contributed by atoms with Crippen molar-refractivity contribution in [3.63, 3.8) is 0 Å². The minimum Gasteiger partial charge on any atom is -0.370 e. The first kappa shape index (κ1) is 17.7. The number of hydrogen-bond acceptors (Lipinski definition) is 3. The van der Waals surface area contributed by atoms with Crippen LogP contribution in [0.15, 0.2) is 28.7 Å². The Balaban J connectivity index is 0.00000176. The van der Waals surface area contributed by atoms with E-state index in [1.165, 1.54) is 0 Å². The summed E-state index contributed by atoms with van der Waals surface area (Å²) < 4.78 is 6.91. The lowest BCUT2D eigenvalue weighted by Crippen LogP contribution is -2.47. The van der Waals surface area contributed by atoms with Crippen LogP contribution in [0.2, 0.25) is 0 Å². The largest absolute Gasteiger partial charge is 0.370 e. The lowest BCUT2D eigenvalue weighted by Gasteiger charge is -2.36. The van der Waals surface area contributed by atoms with E-state index < -0.39 is 0 Å². The molecule has 1 amide bonds. The summed E-state index contributed by atoms with van der Waals surface area (Å²) in [7, 11) is 0. The quantitative estimate of drug-likeness (QED) is 0.845. The van der Waals surface area contributed by atoms with E-state index in [0.717, 1.165) is 36.0 Å². The molecule has 22 heavy (non-hydrogen) atoms. The van der Waals surface area contributed by atoms with Gasteiger partial charge in [0.2, 0.25) is 5.91 Å². The number of nitrogens with zero attached hydrogens (tertiary/aromatic N) is 1. The van der Waals surface area contributed by atoms with Gasteiger partial charge in [0.25, 0.3) is 0 Å². The number of hydrogen-bond donors (Lipinski definition) is 1. The minimum atomic E-state index is -0.0121. The Kier molecular flexibility index (Phi) is 6.68. The van der Waals surface area contributed by atoms with Gasteiger partial charge in [0.15, 0.2) is 0 Å². The maximum absolute atomic E-state index is 12.6. The van der Waals surface area contributed by atoms with Crippen LogP contribution >= 0.6 is 28.3 Å². The summed E-state index contributed by atoms with van der Waals surface area (Å²) in [6.07, 6.45) is 1.90. The number of carbonyl (C=O) groups is 1. The summed E-state index contributed by atoms with van der Waals surface area (Å²) in [5, 5.41) is 3.31. The number of halogens is 2. The van der Waals surface area contributed by atoms with Crippen molar-refractivity contribution >= 4 is 34.2 Å². The molecule has 1 unspecified atom stereocenters. The maximum atomic E-state index is 12.6. The molecule has 0 aliphatic carbocycles. The van der Waals surface area contributed by atoms with Gasteiger partial charge in [-0.2, -0.15) is 0 Å². The summed E-state index contributed by atoms with van der Waals surface area (Å²) >= 11 is 3.49. The zero-order chi connectivity index (χ0) is 14.7. The molecule has 4 nitrogen and oxygen atoms in total. The van der Waals surface area contributed by atoms with Crippen LogP contribution in [0.3, 0.4) is 0 Å². The first-order valence-corrected chi connectivity index (χ1v) is 8.40. The summed E-state index contributed by atoms with van der Waals surface area (Å²) in [6.45, 7) is 3.91. The van der Waals surface area contributed by atoms with Gasteiger partial charge < -0.3 is 15.0 Å². The van der Waals surface area contributed by atoms with Gasteiger partial charge >= 0.3 is 0 Å². The fraction of sp³-hybridized carbons (Fsp3) is 0.562. The van der Waals surface area contributed by atoms with Gasteiger partial charge in [0, 0.05) is 16.9 Å². The Bertz CT molecular complexity index is 509. The number of nitrogens with one attached hydrogen (secondary N) is 1. The fourth-order valence-corrected chi connectivity index (χ4v) is 3.50. The lowest BCUT2D eigenvalue weighted by molar-refractivity contribution is -0.144. The third-order valence-corrected chi connectivity index (χ3v) is 4.78. The molecule has 2 saturated heterocycles. The van der Waals surface area contributed by atoms with Gasteiger partial charge in [-0.25, -0.2) is 0 Å². The molecule has 0 saturated carbocycles. The van der Waals surface area contributed by atoms with Crippen molar-refractivity contribution in [2.45, 2.75) is 18.9 Å². The monoisotopic (exact) mass is 388 g/mol. The standard InChI is InChI=1S/C16H21BrN2O2.ClH/c17-14-3-1-2-13(10-14)15-11-19(8-9-21-15)16(20)12-4-6-18-7-5-12;/h1-3,10,12,15,18H,4-9,11H2;1H. The van der Waals surface area contributed by atoms with E-state index in [-0.39, 0.29) is 24.4 Å². The molecule has 2 aliphatic heterocycles. The smallest absolute Gasteiger partial charge is 0.225 e. The highest BCUT2D eigenvalue weighted by Gasteiger charge is 2.30. The molecule has 0 radical (unpaired) electrons. The second-order valence-electron chi connectivity index (χ2n) is 5.72. The van der Waals surface area contributed by atoms with Crippen molar-refractivity contribution in [1.29, 1.82) is 0 Å². The molecule has 2 heterocycles. The first-order chi connectivity index (χ1) is 10.2. The van der Waals surface area contributed by atoms with Crippen LogP contribution in [0, 0.1) is 5.92 Å². The summed E-state index contributed by atoms with van der Waals surface area (Å²) in [5.74, 6) is 0.493. The van der Waals surface area contributed by atoms with E-state index >= 15 is 0 Å². The molecule has 6 heteroatoms. The Hall–Kier alpha value is -0.620. The highest BCUT2D eigenvalue weighted by molar-refractivity contribution is 9.10. The summed E-state index contributed by atoms with van der Waals surface area (Å²) in [5.41, 5.74) is 1.13. The zero-order valence-electron chi connectivity index (χ0n) is 12.5. The van der Waals surface area contributed by atoms with Crippen molar-refractivity contribution in [3.05, 3.63) is 34.3 Å². The number of piperidine rings is 1. The van der Waals surface area contributed by atoms with Crippen LogP contribution in [0.4, 0.5) is 0 Å². The van der Waals surface area contributed by atoms with Crippen LogP contribution in [0.25, 0.3) is 0 Å². The number of benzene rings is 1. The van der Waals surface area contributed by atoms with E-state index in [0.29, 0.717) is 25.6 Å². The molecule has 1 aromatic carbocycles. The van der Waals surface area contributed by atoms with Gasteiger partial charge in [-0.3, -0.25) is 4.79 Å². The Morgan fingerprint density at radius 1 is 1.32 bits per heavy atom. The normalized spacial score (nSPS) is 23.0. The van der Waals surface area contributed by atoms with Crippen LogP contribution in [-0.2, 0) is 9.53 Å². The topological polar surface area (TPSA) is 41.6 Å². The summed E-state index contributed by atoms with van der Waals surface area (Å²) in [4.78, 5) is 14.6. The summed E-state index contributed by atoms with van der Waals surface area (Å²) in [6, 6.07) is 8.15. The van der Waals surface area contributed by atoms with E-state index in [1.807, 2.05) is 17.0 Å². The maximum Gasteiger partial charge on any atom is 0.225 e. The molecule has 0 bridgehead atoms. The van der Waals surface area contributed by atoms with Crippen molar-refractivity contribution in [1.82, 2.24) is 10.2 Å². The Morgan fingerprint density at radius 3 is 2.82 bits per heavy atom. The molecule has 2 fully saturated rings. The molecule has 0 spiro atoms. The molecule has 1 N–H and O–H groups in total. The molecule has 3 rings (SSSR count). The predicted octanol–water partition coefficient (Wildman–Crippen LogP) is 2.77. The highest BCUT2D eigenvalue weighted by atomic mass is 79.9. The van der Waals surface area contributed by atoms with Crippen LogP contribution in [0.5, 0.6) is 0 Å². The van der Waals surface area contributed by atoms with Crippen LogP contribution in [0.1, 0.15) is 24.5 Å². The SMILES string of the molecule is Cl.O=C(C1CCNCC1)N1CCOC(c2cccc(Br)c2)C1. The molecule has 0 aromatic heterocycles.